The van der Waals surface area contributed by atoms with Gasteiger partial charge in [0, 0.05) is 12.5 Å². The zero-order valence-corrected chi connectivity index (χ0v) is 10.5. The molecule has 0 fully saturated rings. The Balaban J connectivity index is 2.51. The first-order valence-corrected chi connectivity index (χ1v) is 5.71. The predicted molar refractivity (Wildman–Crippen MR) is 63.9 cm³/mol. The van der Waals surface area contributed by atoms with E-state index < -0.39 is 30.3 Å². The lowest BCUT2D eigenvalue weighted by Crippen LogP contribution is -2.42. The molecule has 0 aliphatic carbocycles. The van der Waals surface area contributed by atoms with Gasteiger partial charge in [0.2, 0.25) is 12.2 Å². The average molecular weight is 269 g/mol. The standard InChI is InChI=1S/C13H13F2NO3/c1-8(17)16-10-6-4-3-5-9(10)13(15,12(16)14)7-11(18)19-2/h3-6,12H,7H2,1-2H3/t12-,13-/m1/s1. The van der Waals surface area contributed by atoms with E-state index in [-0.39, 0.29) is 11.3 Å². The molecule has 0 N–H and O–H groups in total. The van der Waals surface area contributed by atoms with Crippen LogP contribution in [0.1, 0.15) is 18.9 Å². The number of rotatable bonds is 2. The lowest BCUT2D eigenvalue weighted by atomic mass is 9.93. The van der Waals surface area contributed by atoms with Crippen LogP contribution in [0.3, 0.4) is 0 Å². The van der Waals surface area contributed by atoms with Crippen LogP contribution in [0.4, 0.5) is 14.5 Å². The second-order valence-electron chi connectivity index (χ2n) is 4.36. The van der Waals surface area contributed by atoms with Crippen molar-refractivity contribution in [3.63, 3.8) is 0 Å². The summed E-state index contributed by atoms with van der Waals surface area (Å²) < 4.78 is 33.6. The van der Waals surface area contributed by atoms with Gasteiger partial charge in [0.1, 0.15) is 0 Å². The number of alkyl halides is 2. The molecular formula is C13H13F2NO3. The molecule has 1 heterocycles. The summed E-state index contributed by atoms with van der Waals surface area (Å²) in [4.78, 5) is 23.5. The van der Waals surface area contributed by atoms with Crippen LogP contribution in [0.5, 0.6) is 0 Å². The highest BCUT2D eigenvalue weighted by molar-refractivity contribution is 5.95. The highest BCUT2D eigenvalue weighted by atomic mass is 19.2. The highest BCUT2D eigenvalue weighted by Gasteiger charge is 2.55. The van der Waals surface area contributed by atoms with Crippen LogP contribution in [0.25, 0.3) is 0 Å². The normalized spacial score (nSPS) is 25.1. The van der Waals surface area contributed by atoms with E-state index in [1.807, 2.05) is 0 Å². The summed E-state index contributed by atoms with van der Waals surface area (Å²) in [7, 11) is 1.10. The summed E-state index contributed by atoms with van der Waals surface area (Å²) in [6.07, 6.45) is -3.01. The molecule has 0 bridgehead atoms. The van der Waals surface area contributed by atoms with Crippen molar-refractivity contribution in [2.24, 2.45) is 0 Å². The molecule has 1 aliphatic heterocycles. The lowest BCUT2D eigenvalue weighted by Gasteiger charge is -2.24. The van der Waals surface area contributed by atoms with Crippen molar-refractivity contribution in [3.8, 4) is 0 Å². The van der Waals surface area contributed by atoms with E-state index in [0.717, 1.165) is 18.9 Å². The number of nitrogens with zero attached hydrogens (tertiary/aromatic N) is 1. The van der Waals surface area contributed by atoms with E-state index in [1.54, 1.807) is 6.07 Å². The molecule has 1 aromatic carbocycles. The van der Waals surface area contributed by atoms with Crippen molar-refractivity contribution in [1.29, 1.82) is 0 Å². The number of esters is 1. The number of amides is 1. The minimum absolute atomic E-state index is 0.0110. The average Bonchev–Trinajstić information content (AvgIpc) is 2.59. The van der Waals surface area contributed by atoms with E-state index in [1.165, 1.54) is 18.2 Å². The Labute approximate surface area is 109 Å². The fourth-order valence-corrected chi connectivity index (χ4v) is 2.28. The molecule has 0 spiro atoms. The summed E-state index contributed by atoms with van der Waals surface area (Å²) in [5, 5.41) is 0. The number of para-hydroxylation sites is 1. The number of halogens is 2. The molecule has 0 saturated heterocycles. The molecular weight excluding hydrogens is 256 g/mol. The Morgan fingerprint density at radius 2 is 2.05 bits per heavy atom. The summed E-state index contributed by atoms with van der Waals surface area (Å²) in [6.45, 7) is 1.15. The number of hydrogen-bond donors (Lipinski definition) is 0. The minimum atomic E-state index is -2.57. The molecule has 1 amide bonds. The first-order chi connectivity index (χ1) is 8.91. The maximum Gasteiger partial charge on any atom is 0.309 e. The third-order valence-corrected chi connectivity index (χ3v) is 3.18. The first-order valence-electron chi connectivity index (χ1n) is 5.71. The topological polar surface area (TPSA) is 46.6 Å². The Kier molecular flexibility index (Phi) is 3.26. The first kappa shape index (κ1) is 13.5. The number of anilines is 1. The van der Waals surface area contributed by atoms with Crippen LogP contribution in [-0.2, 0) is 20.0 Å². The molecule has 0 unspecified atom stereocenters. The molecule has 2 rings (SSSR count). The Hall–Kier alpha value is -1.98. The van der Waals surface area contributed by atoms with Crippen molar-refractivity contribution in [2.45, 2.75) is 25.3 Å². The zero-order valence-electron chi connectivity index (χ0n) is 10.5. The summed E-state index contributed by atoms with van der Waals surface area (Å²) in [5.74, 6) is -1.49. The van der Waals surface area contributed by atoms with Crippen LogP contribution in [-0.4, -0.2) is 25.3 Å². The van der Waals surface area contributed by atoms with E-state index >= 15 is 0 Å². The fraction of sp³-hybridized carbons (Fsp3) is 0.385. The van der Waals surface area contributed by atoms with Gasteiger partial charge in [0.15, 0.2) is 5.67 Å². The van der Waals surface area contributed by atoms with E-state index in [4.69, 9.17) is 0 Å². The van der Waals surface area contributed by atoms with Gasteiger partial charge in [-0.2, -0.15) is 0 Å². The molecule has 102 valence electrons. The summed E-state index contributed by atoms with van der Waals surface area (Å²) in [5.41, 5.74) is -2.44. The molecule has 4 nitrogen and oxygen atoms in total. The monoisotopic (exact) mass is 269 g/mol. The van der Waals surface area contributed by atoms with Gasteiger partial charge in [0.05, 0.1) is 19.2 Å². The maximum atomic E-state index is 14.9. The van der Waals surface area contributed by atoms with Gasteiger partial charge in [0.25, 0.3) is 0 Å². The van der Waals surface area contributed by atoms with Crippen molar-refractivity contribution in [1.82, 2.24) is 0 Å². The SMILES string of the molecule is COC(=O)C[C@@]1(F)c2ccccc2N(C(C)=O)[C@H]1F. The Morgan fingerprint density at radius 1 is 1.42 bits per heavy atom. The number of benzene rings is 1. The van der Waals surface area contributed by atoms with Crippen molar-refractivity contribution in [2.75, 3.05) is 12.0 Å². The highest BCUT2D eigenvalue weighted by Crippen LogP contribution is 2.49. The maximum absolute atomic E-state index is 14.9. The summed E-state index contributed by atoms with van der Waals surface area (Å²) >= 11 is 0. The Bertz CT molecular complexity index is 534. The van der Waals surface area contributed by atoms with Gasteiger partial charge in [-0.1, -0.05) is 18.2 Å². The smallest absolute Gasteiger partial charge is 0.309 e. The van der Waals surface area contributed by atoms with Crippen LogP contribution >= 0.6 is 0 Å². The quantitative estimate of drug-likeness (QED) is 0.610. The van der Waals surface area contributed by atoms with Crippen LogP contribution in [0.15, 0.2) is 24.3 Å². The van der Waals surface area contributed by atoms with Crippen LogP contribution in [0.2, 0.25) is 0 Å². The van der Waals surface area contributed by atoms with E-state index in [2.05, 4.69) is 4.74 Å². The number of methoxy groups -OCH3 is 1. The molecule has 2 atom stereocenters. The van der Waals surface area contributed by atoms with E-state index in [0.29, 0.717) is 0 Å². The Morgan fingerprint density at radius 3 is 2.63 bits per heavy atom. The zero-order chi connectivity index (χ0) is 14.2. The molecule has 19 heavy (non-hydrogen) atoms. The molecule has 0 aromatic heterocycles. The molecule has 0 radical (unpaired) electrons. The second-order valence-corrected chi connectivity index (χ2v) is 4.36. The van der Waals surface area contributed by atoms with Crippen LogP contribution in [0, 0.1) is 0 Å². The van der Waals surface area contributed by atoms with Gasteiger partial charge in [-0.3, -0.25) is 14.5 Å². The molecule has 1 aromatic rings. The van der Waals surface area contributed by atoms with E-state index in [9.17, 15) is 18.4 Å². The van der Waals surface area contributed by atoms with Gasteiger partial charge >= 0.3 is 5.97 Å². The molecule has 0 saturated carbocycles. The minimum Gasteiger partial charge on any atom is -0.469 e. The van der Waals surface area contributed by atoms with Crippen molar-refractivity contribution >= 4 is 17.6 Å². The number of ether oxygens (including phenoxy) is 1. The van der Waals surface area contributed by atoms with Gasteiger partial charge in [-0.05, 0) is 6.07 Å². The van der Waals surface area contributed by atoms with Gasteiger partial charge in [-0.25, -0.2) is 8.78 Å². The number of carbonyl (C=O) groups excluding carboxylic acids is 2. The number of carbonyl (C=O) groups is 2. The second kappa shape index (κ2) is 4.60. The fourth-order valence-electron chi connectivity index (χ4n) is 2.28. The summed E-state index contributed by atoms with van der Waals surface area (Å²) in [6, 6.07) is 5.92. The number of hydrogen-bond acceptors (Lipinski definition) is 3. The number of fused-ring (bicyclic) bond motifs is 1. The molecule has 1 aliphatic rings. The third kappa shape index (κ3) is 1.97. The van der Waals surface area contributed by atoms with Crippen LogP contribution < -0.4 is 4.90 Å². The molecule has 6 heteroatoms. The largest absolute Gasteiger partial charge is 0.469 e. The van der Waals surface area contributed by atoms with Crippen molar-refractivity contribution in [3.05, 3.63) is 29.8 Å². The lowest BCUT2D eigenvalue weighted by molar-refractivity contribution is -0.146. The van der Waals surface area contributed by atoms with Crippen molar-refractivity contribution < 1.29 is 23.1 Å². The predicted octanol–water partition coefficient (Wildman–Crippen LogP) is 2.08. The van der Waals surface area contributed by atoms with Gasteiger partial charge in [-0.15, -0.1) is 0 Å². The third-order valence-electron chi connectivity index (χ3n) is 3.18. The van der Waals surface area contributed by atoms with Gasteiger partial charge < -0.3 is 4.74 Å².